The van der Waals surface area contributed by atoms with Crippen LogP contribution in [0.1, 0.15) is 47.9 Å². The van der Waals surface area contributed by atoms with Crippen molar-refractivity contribution in [3.8, 4) is 0 Å². The van der Waals surface area contributed by atoms with E-state index in [-0.39, 0.29) is 44.3 Å². The van der Waals surface area contributed by atoms with Crippen LogP contribution < -0.4 is 5.32 Å². The molecule has 0 bridgehead atoms. The molecular weight excluding hydrogens is 503 g/mol. The number of aliphatic hydroxyl groups excluding tert-OH is 2. The van der Waals surface area contributed by atoms with Crippen LogP contribution in [0.15, 0.2) is 48.5 Å². The number of carbonyl (C=O) groups excluding carboxylic acids is 1. The third-order valence-electron chi connectivity index (χ3n) is 7.13. The maximum Gasteiger partial charge on any atom is 0.416 e. The molecule has 5 atom stereocenters. The van der Waals surface area contributed by atoms with E-state index in [1.54, 1.807) is 0 Å². The summed E-state index contributed by atoms with van der Waals surface area (Å²) in [5, 5.41) is 24.2. The van der Waals surface area contributed by atoms with Crippen LogP contribution in [0.3, 0.4) is 0 Å². The minimum Gasteiger partial charge on any atom is -0.390 e. The number of halogens is 3. The molecule has 2 fully saturated rings. The van der Waals surface area contributed by atoms with Gasteiger partial charge in [-0.3, -0.25) is 4.79 Å². The van der Waals surface area contributed by atoms with Crippen LogP contribution in [0.2, 0.25) is 0 Å². The molecule has 1 saturated carbocycles. The van der Waals surface area contributed by atoms with E-state index in [1.807, 2.05) is 31.2 Å². The van der Waals surface area contributed by atoms with Crippen molar-refractivity contribution in [1.29, 1.82) is 0 Å². The summed E-state index contributed by atoms with van der Waals surface area (Å²) in [5.41, 5.74) is -0.311. The Hall–Kier alpha value is -2.50. The highest BCUT2D eigenvalue weighted by atomic mass is 19.4. The first-order valence-electron chi connectivity index (χ1n) is 12.8. The van der Waals surface area contributed by atoms with Crippen LogP contribution in [0.5, 0.6) is 0 Å². The largest absolute Gasteiger partial charge is 0.416 e. The van der Waals surface area contributed by atoms with Crippen molar-refractivity contribution in [3.63, 3.8) is 0 Å². The third kappa shape index (κ3) is 7.12. The Labute approximate surface area is 219 Å². The molecule has 1 aliphatic heterocycles. The predicted molar refractivity (Wildman–Crippen MR) is 132 cm³/mol. The number of hydrogen-bond donors (Lipinski definition) is 3. The molecule has 38 heavy (non-hydrogen) atoms. The van der Waals surface area contributed by atoms with Gasteiger partial charge in [-0.1, -0.05) is 42.0 Å². The van der Waals surface area contributed by atoms with Crippen molar-refractivity contribution < 1.29 is 42.4 Å². The van der Waals surface area contributed by atoms with Crippen molar-refractivity contribution in [3.05, 3.63) is 70.8 Å². The van der Waals surface area contributed by atoms with Gasteiger partial charge in [-0.2, -0.15) is 13.2 Å². The highest BCUT2D eigenvalue weighted by Crippen LogP contribution is 2.36. The third-order valence-corrected chi connectivity index (χ3v) is 7.13. The zero-order valence-corrected chi connectivity index (χ0v) is 21.2. The van der Waals surface area contributed by atoms with Crippen LogP contribution in [0, 0.1) is 6.92 Å². The minimum atomic E-state index is -4.52. The maximum absolute atomic E-state index is 13.5. The number of nitrogens with one attached hydrogen (secondary N) is 1. The lowest BCUT2D eigenvalue weighted by atomic mass is 9.78. The average Bonchev–Trinajstić information content (AvgIpc) is 3.41. The van der Waals surface area contributed by atoms with E-state index in [0.717, 1.165) is 36.1 Å². The lowest BCUT2D eigenvalue weighted by Gasteiger charge is -2.44. The minimum absolute atomic E-state index is 0.0899. The van der Waals surface area contributed by atoms with Gasteiger partial charge in [-0.05, 0) is 43.0 Å². The number of rotatable bonds is 9. The number of aliphatic hydroxyl groups is 2. The predicted octanol–water partition coefficient (Wildman–Crippen LogP) is 3.67. The Morgan fingerprint density at radius 3 is 2.55 bits per heavy atom. The summed E-state index contributed by atoms with van der Waals surface area (Å²) in [6.07, 6.45) is -6.88. The van der Waals surface area contributed by atoms with Crippen molar-refractivity contribution in [2.45, 2.75) is 82.0 Å². The summed E-state index contributed by atoms with van der Waals surface area (Å²) in [4.78, 5) is 13.5. The molecule has 0 unspecified atom stereocenters. The van der Waals surface area contributed by atoms with Crippen LogP contribution in [0.25, 0.3) is 0 Å². The van der Waals surface area contributed by atoms with Gasteiger partial charge in [0.1, 0.15) is 6.10 Å². The smallest absolute Gasteiger partial charge is 0.390 e. The first-order chi connectivity index (χ1) is 18.1. The first-order valence-corrected chi connectivity index (χ1v) is 12.8. The fraction of sp³-hybridized carbons (Fsp3) is 0.536. The molecule has 1 heterocycles. The van der Waals surface area contributed by atoms with Crippen LogP contribution >= 0.6 is 0 Å². The number of aryl methyl sites for hydroxylation is 1. The van der Waals surface area contributed by atoms with Crippen molar-refractivity contribution >= 4 is 5.91 Å². The molecule has 2 aromatic carbocycles. The number of ether oxygens (including phenoxy) is 3. The van der Waals surface area contributed by atoms with Gasteiger partial charge in [0, 0.05) is 26.0 Å². The van der Waals surface area contributed by atoms with E-state index in [9.17, 15) is 28.2 Å². The van der Waals surface area contributed by atoms with Gasteiger partial charge in [0.15, 0.2) is 5.60 Å². The summed E-state index contributed by atoms with van der Waals surface area (Å²) < 4.78 is 57.2. The Morgan fingerprint density at radius 1 is 1.11 bits per heavy atom. The van der Waals surface area contributed by atoms with Crippen molar-refractivity contribution in [2.24, 2.45) is 0 Å². The van der Waals surface area contributed by atoms with E-state index in [0.29, 0.717) is 6.61 Å². The monoisotopic (exact) mass is 537 g/mol. The molecule has 208 valence electrons. The normalized spacial score (nSPS) is 27.8. The molecule has 2 aliphatic rings. The zero-order chi connectivity index (χ0) is 27.3. The van der Waals surface area contributed by atoms with E-state index in [4.69, 9.17) is 14.2 Å². The van der Waals surface area contributed by atoms with Crippen molar-refractivity contribution in [2.75, 3.05) is 13.2 Å². The van der Waals surface area contributed by atoms with Crippen molar-refractivity contribution in [1.82, 2.24) is 5.32 Å². The number of carbonyl (C=O) groups is 1. The lowest BCUT2D eigenvalue weighted by Crippen LogP contribution is -2.61. The second-order valence-electron chi connectivity index (χ2n) is 10.1. The summed E-state index contributed by atoms with van der Waals surface area (Å²) in [6, 6.07) is 12.3. The molecule has 10 heteroatoms. The topological polar surface area (TPSA) is 97.3 Å². The molecule has 0 aromatic heterocycles. The molecule has 4 rings (SSSR count). The Bertz CT molecular complexity index is 1070. The molecule has 3 N–H and O–H groups in total. The molecular formula is C28H34F3NO6. The van der Waals surface area contributed by atoms with Gasteiger partial charge < -0.3 is 29.7 Å². The SMILES string of the molecule is Cc1ccc(CO[C@H]2C[C@](OCc3cccc(C(F)(F)F)c3)(C(=O)NC[C@H]3CCCO3)C[C@@H](O)[C@H]2O)cc1. The molecule has 0 radical (unpaired) electrons. The second-order valence-corrected chi connectivity index (χ2v) is 10.1. The fourth-order valence-corrected chi connectivity index (χ4v) is 4.88. The average molecular weight is 538 g/mol. The second kappa shape index (κ2) is 12.1. The van der Waals surface area contributed by atoms with E-state index in [2.05, 4.69) is 5.32 Å². The quantitative estimate of drug-likeness (QED) is 0.452. The highest BCUT2D eigenvalue weighted by Gasteiger charge is 2.51. The number of benzene rings is 2. The fourth-order valence-electron chi connectivity index (χ4n) is 4.88. The molecule has 7 nitrogen and oxygen atoms in total. The number of amides is 1. The van der Waals surface area contributed by atoms with E-state index >= 15 is 0 Å². The molecule has 0 spiro atoms. The molecule has 1 aliphatic carbocycles. The molecule has 1 amide bonds. The Kier molecular flexibility index (Phi) is 9.10. The first kappa shape index (κ1) is 28.5. The number of hydrogen-bond acceptors (Lipinski definition) is 6. The summed E-state index contributed by atoms with van der Waals surface area (Å²) >= 11 is 0. The van der Waals surface area contributed by atoms with Gasteiger partial charge in [0.05, 0.1) is 37.1 Å². The van der Waals surface area contributed by atoms with E-state index in [1.165, 1.54) is 12.1 Å². The van der Waals surface area contributed by atoms with Crippen LogP contribution in [0.4, 0.5) is 13.2 Å². The summed E-state index contributed by atoms with van der Waals surface area (Å²) in [5.74, 6) is -0.533. The van der Waals surface area contributed by atoms with Crippen LogP contribution in [-0.4, -0.2) is 59.3 Å². The Balaban J connectivity index is 1.53. The van der Waals surface area contributed by atoms with E-state index < -0.39 is 41.6 Å². The van der Waals surface area contributed by atoms with Gasteiger partial charge in [-0.25, -0.2) is 0 Å². The van der Waals surface area contributed by atoms with Gasteiger partial charge in [0.25, 0.3) is 5.91 Å². The molecule has 1 saturated heterocycles. The highest BCUT2D eigenvalue weighted by molar-refractivity contribution is 5.85. The zero-order valence-electron chi connectivity index (χ0n) is 21.2. The van der Waals surface area contributed by atoms with Gasteiger partial charge in [0.2, 0.25) is 0 Å². The maximum atomic E-state index is 13.5. The van der Waals surface area contributed by atoms with Gasteiger partial charge >= 0.3 is 6.18 Å². The summed E-state index contributed by atoms with van der Waals surface area (Å²) in [6.45, 7) is 2.64. The number of alkyl halides is 3. The van der Waals surface area contributed by atoms with Crippen LogP contribution in [-0.2, 0) is 38.4 Å². The summed E-state index contributed by atoms with van der Waals surface area (Å²) in [7, 11) is 0. The van der Waals surface area contributed by atoms with Gasteiger partial charge in [-0.15, -0.1) is 0 Å². The standard InChI is InChI=1S/C28H34F3NO6/c1-18-7-9-19(10-8-18)16-37-24-14-27(13-23(33)25(24)34,26(35)32-15-22-6-3-11-36-22)38-17-20-4-2-5-21(12-20)28(29,30)31/h2,4-5,7-10,12,22-25,33-34H,3,6,11,13-17H2,1H3,(H,32,35)/t22-,23-,24+,25-,27+/m1/s1. The lowest BCUT2D eigenvalue weighted by molar-refractivity contribution is -0.200. The Morgan fingerprint density at radius 2 is 1.87 bits per heavy atom. The molecule has 2 aromatic rings.